The Morgan fingerprint density at radius 3 is 2.31 bits per heavy atom. The quantitative estimate of drug-likeness (QED) is 0.406. The number of carbonyl (C=O) groups excluding carboxylic acids is 1. The number of rotatable bonds is 10. The number of benzene rings is 3. The molecule has 39 heavy (non-hydrogen) atoms. The van der Waals surface area contributed by atoms with E-state index in [1.807, 2.05) is 36.4 Å². The maximum absolute atomic E-state index is 13.0. The lowest BCUT2D eigenvalue weighted by atomic mass is 10.1. The van der Waals surface area contributed by atoms with E-state index < -0.39 is 0 Å². The summed E-state index contributed by atoms with van der Waals surface area (Å²) >= 11 is 0. The summed E-state index contributed by atoms with van der Waals surface area (Å²) in [7, 11) is 4.80. The van der Waals surface area contributed by atoms with Crippen LogP contribution in [0.25, 0.3) is 0 Å². The van der Waals surface area contributed by atoms with Crippen LogP contribution in [-0.4, -0.2) is 69.9 Å². The molecular weight excluding hydrogens is 496 g/mol. The largest absolute Gasteiger partial charge is 0.497 e. The number of hydrogen-bond donors (Lipinski definition) is 1. The molecule has 0 unspecified atom stereocenters. The van der Waals surface area contributed by atoms with Crippen molar-refractivity contribution in [1.82, 2.24) is 9.80 Å². The average molecular weight is 531 g/mol. The lowest BCUT2D eigenvalue weighted by Crippen LogP contribution is -2.50. The molecule has 1 aliphatic rings. The van der Waals surface area contributed by atoms with Gasteiger partial charge in [0.05, 0.1) is 51.4 Å². The summed E-state index contributed by atoms with van der Waals surface area (Å²) in [6.45, 7) is 3.67. The summed E-state index contributed by atoms with van der Waals surface area (Å²) in [5, 5.41) is 12.0. The van der Waals surface area contributed by atoms with E-state index in [2.05, 4.69) is 16.3 Å². The van der Waals surface area contributed by atoms with Crippen LogP contribution in [0, 0.1) is 11.3 Å². The highest BCUT2D eigenvalue weighted by Crippen LogP contribution is 2.29. The molecule has 1 fully saturated rings. The molecule has 1 saturated heterocycles. The number of hydrogen-bond acceptors (Lipinski definition) is 7. The van der Waals surface area contributed by atoms with E-state index in [-0.39, 0.29) is 12.1 Å². The van der Waals surface area contributed by atoms with Gasteiger partial charge in [-0.25, -0.2) is 4.79 Å². The van der Waals surface area contributed by atoms with E-state index in [4.69, 9.17) is 24.2 Å². The average Bonchev–Trinajstić information content (AvgIpc) is 2.99. The summed E-state index contributed by atoms with van der Waals surface area (Å²) < 4.78 is 22.5. The molecule has 3 aromatic rings. The van der Waals surface area contributed by atoms with Crippen LogP contribution >= 0.6 is 0 Å². The minimum Gasteiger partial charge on any atom is -0.497 e. The fraction of sp³-hybridized carbons (Fsp3) is 0.333. The fourth-order valence-electron chi connectivity index (χ4n) is 4.44. The van der Waals surface area contributed by atoms with Crippen LogP contribution in [0.15, 0.2) is 66.7 Å². The van der Waals surface area contributed by atoms with Gasteiger partial charge in [-0.05, 0) is 47.5 Å². The first-order valence-electron chi connectivity index (χ1n) is 12.8. The van der Waals surface area contributed by atoms with E-state index in [0.717, 1.165) is 16.9 Å². The zero-order chi connectivity index (χ0) is 27.6. The summed E-state index contributed by atoms with van der Waals surface area (Å²) in [5.74, 6) is 1.98. The molecule has 9 nitrogen and oxygen atoms in total. The van der Waals surface area contributed by atoms with Crippen molar-refractivity contribution >= 4 is 11.7 Å². The number of ether oxygens (including phenoxy) is 4. The van der Waals surface area contributed by atoms with Crippen molar-refractivity contribution in [3.8, 4) is 23.3 Å². The summed E-state index contributed by atoms with van der Waals surface area (Å²) in [5.41, 5.74) is 3.21. The molecule has 0 aromatic heterocycles. The van der Waals surface area contributed by atoms with E-state index in [1.54, 1.807) is 56.6 Å². The number of nitrogens with one attached hydrogen (secondary N) is 1. The molecule has 1 N–H and O–H groups in total. The molecule has 0 radical (unpaired) electrons. The summed E-state index contributed by atoms with van der Waals surface area (Å²) in [6.07, 6.45) is -0.197. The van der Waals surface area contributed by atoms with Crippen LogP contribution in [0.2, 0.25) is 0 Å². The highest BCUT2D eigenvalue weighted by molar-refractivity contribution is 5.91. The molecule has 1 heterocycles. The maximum Gasteiger partial charge on any atom is 0.322 e. The molecular formula is C30H34N4O5. The molecule has 0 bridgehead atoms. The molecule has 1 aliphatic heterocycles. The van der Waals surface area contributed by atoms with Crippen molar-refractivity contribution in [2.24, 2.45) is 0 Å². The van der Waals surface area contributed by atoms with E-state index in [1.165, 1.54) is 0 Å². The molecule has 1 atom stereocenters. The minimum atomic E-state index is -0.197. The van der Waals surface area contributed by atoms with E-state index in [0.29, 0.717) is 62.1 Å². The van der Waals surface area contributed by atoms with Gasteiger partial charge in [0, 0.05) is 38.8 Å². The number of carbonyl (C=O) groups is 1. The Morgan fingerprint density at radius 1 is 0.923 bits per heavy atom. The van der Waals surface area contributed by atoms with Crippen LogP contribution in [0.5, 0.6) is 17.2 Å². The third kappa shape index (κ3) is 7.41. The lowest BCUT2D eigenvalue weighted by Gasteiger charge is -2.36. The number of methoxy groups -OCH3 is 3. The molecule has 9 heteroatoms. The number of nitriles is 1. The summed E-state index contributed by atoms with van der Waals surface area (Å²) in [6, 6.07) is 22.6. The predicted octanol–water partition coefficient (Wildman–Crippen LogP) is 4.69. The summed E-state index contributed by atoms with van der Waals surface area (Å²) in [4.78, 5) is 17.1. The topological polar surface area (TPSA) is 96.3 Å². The maximum atomic E-state index is 13.0. The Labute approximate surface area is 229 Å². The zero-order valence-electron chi connectivity index (χ0n) is 22.6. The van der Waals surface area contributed by atoms with Crippen LogP contribution in [-0.2, 0) is 11.3 Å². The van der Waals surface area contributed by atoms with Gasteiger partial charge in [0.2, 0.25) is 0 Å². The second-order valence-electron chi connectivity index (χ2n) is 9.17. The number of amides is 2. The van der Waals surface area contributed by atoms with Gasteiger partial charge < -0.3 is 29.2 Å². The van der Waals surface area contributed by atoms with Gasteiger partial charge in [0.1, 0.15) is 17.2 Å². The van der Waals surface area contributed by atoms with Crippen LogP contribution < -0.4 is 19.5 Å². The van der Waals surface area contributed by atoms with Crippen LogP contribution in [0.1, 0.15) is 22.8 Å². The minimum absolute atomic E-state index is 0.178. The smallest absolute Gasteiger partial charge is 0.322 e. The van der Waals surface area contributed by atoms with E-state index >= 15 is 0 Å². The molecule has 2 amide bonds. The molecule has 4 rings (SSSR count). The highest BCUT2D eigenvalue weighted by Gasteiger charge is 2.25. The lowest BCUT2D eigenvalue weighted by molar-refractivity contribution is 0.00584. The van der Waals surface area contributed by atoms with Gasteiger partial charge in [-0.3, -0.25) is 4.90 Å². The van der Waals surface area contributed by atoms with Gasteiger partial charge in [-0.1, -0.05) is 24.3 Å². The van der Waals surface area contributed by atoms with Gasteiger partial charge in [0.25, 0.3) is 0 Å². The van der Waals surface area contributed by atoms with Crippen molar-refractivity contribution in [2.75, 3.05) is 59.4 Å². The number of urea groups is 1. The van der Waals surface area contributed by atoms with Gasteiger partial charge >= 0.3 is 6.03 Å². The van der Waals surface area contributed by atoms with Gasteiger partial charge in [0.15, 0.2) is 0 Å². The van der Waals surface area contributed by atoms with Crippen LogP contribution in [0.3, 0.4) is 0 Å². The molecule has 3 aromatic carbocycles. The Bertz CT molecular complexity index is 1280. The predicted molar refractivity (Wildman–Crippen MR) is 148 cm³/mol. The first kappa shape index (κ1) is 27.8. The van der Waals surface area contributed by atoms with Crippen molar-refractivity contribution in [2.45, 2.75) is 12.7 Å². The van der Waals surface area contributed by atoms with Crippen LogP contribution in [0.4, 0.5) is 10.5 Å². The molecule has 0 saturated carbocycles. The first-order valence-corrected chi connectivity index (χ1v) is 12.8. The Morgan fingerprint density at radius 2 is 1.64 bits per heavy atom. The SMILES string of the molecule is COc1cccc([C@@H](CN2CCN(C(=O)Nc3cc(OC)ccc3OC)CC2)OCc2ccc(C#N)cc2)c1. The standard InChI is InChI=1S/C30H34N4O5/c1-36-25-6-4-5-24(17-25)29(39-21-23-9-7-22(19-31)8-10-23)20-33-13-15-34(16-14-33)30(35)32-27-18-26(37-2)11-12-28(27)38-3/h4-12,17-18,29H,13-16,20-21H2,1-3H3,(H,32,35)/t29-/m1/s1. The third-order valence-electron chi connectivity index (χ3n) is 6.73. The molecule has 204 valence electrons. The van der Waals surface area contributed by atoms with Crippen molar-refractivity contribution in [3.05, 3.63) is 83.4 Å². The second kappa shape index (κ2) is 13.5. The highest BCUT2D eigenvalue weighted by atomic mass is 16.5. The number of anilines is 1. The van der Waals surface area contributed by atoms with Gasteiger partial charge in [-0.2, -0.15) is 5.26 Å². The zero-order valence-corrected chi connectivity index (χ0v) is 22.6. The van der Waals surface area contributed by atoms with E-state index in [9.17, 15) is 4.79 Å². The molecule has 0 spiro atoms. The Kier molecular flexibility index (Phi) is 9.62. The monoisotopic (exact) mass is 530 g/mol. The first-order chi connectivity index (χ1) is 19.0. The normalized spacial score (nSPS) is 14.3. The Balaban J connectivity index is 1.38. The number of nitrogens with zero attached hydrogens (tertiary/aromatic N) is 3. The molecule has 0 aliphatic carbocycles. The van der Waals surface area contributed by atoms with Crippen molar-refractivity contribution in [3.63, 3.8) is 0 Å². The second-order valence-corrected chi connectivity index (χ2v) is 9.17. The van der Waals surface area contributed by atoms with Gasteiger partial charge in [-0.15, -0.1) is 0 Å². The number of piperazine rings is 1. The van der Waals surface area contributed by atoms with Crippen molar-refractivity contribution in [1.29, 1.82) is 5.26 Å². The third-order valence-corrected chi connectivity index (χ3v) is 6.73. The fourth-order valence-corrected chi connectivity index (χ4v) is 4.44. The van der Waals surface area contributed by atoms with Crippen molar-refractivity contribution < 1.29 is 23.7 Å². The Hall–Kier alpha value is -4.26.